The van der Waals surface area contributed by atoms with E-state index < -0.39 is 0 Å². The fourth-order valence-electron chi connectivity index (χ4n) is 1.80. The molecule has 0 aliphatic rings. The summed E-state index contributed by atoms with van der Waals surface area (Å²) in [5, 5.41) is 4.54. The molecule has 2 rings (SSSR count). The second-order valence-corrected chi connectivity index (χ2v) is 5.27. The number of nitrogen functional groups attached to an aromatic ring is 1. The predicted molar refractivity (Wildman–Crippen MR) is 82.1 cm³/mol. The van der Waals surface area contributed by atoms with Crippen LogP contribution in [0.15, 0.2) is 24.5 Å². The molecule has 5 nitrogen and oxygen atoms in total. The number of hydrogen-bond donors (Lipinski definition) is 2. The largest absolute Gasteiger partial charge is 0.368 e. The third-order valence-electron chi connectivity index (χ3n) is 2.86. The molecule has 0 spiro atoms. The molecular weight excluding hydrogens is 297 g/mol. The third kappa shape index (κ3) is 3.95. The van der Waals surface area contributed by atoms with Gasteiger partial charge in [0.15, 0.2) is 0 Å². The highest BCUT2D eigenvalue weighted by molar-refractivity contribution is 6.35. The van der Waals surface area contributed by atoms with E-state index in [0.717, 1.165) is 18.4 Å². The summed E-state index contributed by atoms with van der Waals surface area (Å²) < 4.78 is 0. The highest BCUT2D eigenvalue weighted by Crippen LogP contribution is 2.26. The minimum atomic E-state index is 0.157. The molecular formula is C13H15Cl2N5. The summed E-state index contributed by atoms with van der Waals surface area (Å²) in [6.07, 6.45) is 2.99. The normalized spacial score (nSPS) is 12.2. The van der Waals surface area contributed by atoms with Crippen LogP contribution in [0.4, 0.5) is 11.9 Å². The molecule has 0 fully saturated rings. The van der Waals surface area contributed by atoms with E-state index in [9.17, 15) is 0 Å². The van der Waals surface area contributed by atoms with Crippen LogP contribution < -0.4 is 11.1 Å². The first kappa shape index (κ1) is 14.8. The molecule has 1 aromatic heterocycles. The maximum atomic E-state index is 6.14. The van der Waals surface area contributed by atoms with Crippen molar-refractivity contribution in [2.24, 2.45) is 0 Å². The van der Waals surface area contributed by atoms with Crippen molar-refractivity contribution in [3.05, 3.63) is 40.1 Å². The van der Waals surface area contributed by atoms with Crippen molar-refractivity contribution >= 4 is 35.1 Å². The quantitative estimate of drug-likeness (QED) is 0.886. The molecule has 1 unspecified atom stereocenters. The Morgan fingerprint density at radius 1 is 1.25 bits per heavy atom. The number of aromatic nitrogens is 3. The van der Waals surface area contributed by atoms with Crippen LogP contribution in [0.1, 0.15) is 18.9 Å². The van der Waals surface area contributed by atoms with Gasteiger partial charge in [-0.05, 0) is 37.5 Å². The van der Waals surface area contributed by atoms with E-state index in [1.54, 1.807) is 0 Å². The van der Waals surface area contributed by atoms with Crippen molar-refractivity contribution < 1.29 is 0 Å². The molecule has 20 heavy (non-hydrogen) atoms. The Kier molecular flexibility index (Phi) is 4.98. The summed E-state index contributed by atoms with van der Waals surface area (Å²) in [4.78, 5) is 11.7. The van der Waals surface area contributed by atoms with Crippen molar-refractivity contribution in [1.29, 1.82) is 0 Å². The van der Waals surface area contributed by atoms with Crippen molar-refractivity contribution in [2.45, 2.75) is 25.8 Å². The van der Waals surface area contributed by atoms with Crippen LogP contribution in [-0.2, 0) is 6.42 Å². The molecule has 106 valence electrons. The van der Waals surface area contributed by atoms with E-state index in [4.69, 9.17) is 28.9 Å². The lowest BCUT2D eigenvalue weighted by molar-refractivity contribution is 0.698. The zero-order valence-corrected chi connectivity index (χ0v) is 12.5. The number of nitrogens with zero attached hydrogens (tertiary/aromatic N) is 3. The predicted octanol–water partition coefficient (Wildman–Crippen LogP) is 3.19. The Bertz CT molecular complexity index is 570. The van der Waals surface area contributed by atoms with E-state index in [-0.39, 0.29) is 12.0 Å². The van der Waals surface area contributed by atoms with Crippen LogP contribution in [0, 0.1) is 0 Å². The third-order valence-corrected chi connectivity index (χ3v) is 3.56. The summed E-state index contributed by atoms with van der Waals surface area (Å²) >= 11 is 12.3. The van der Waals surface area contributed by atoms with Gasteiger partial charge < -0.3 is 11.1 Å². The fourth-order valence-corrected chi connectivity index (χ4v) is 2.39. The molecule has 7 heteroatoms. The molecule has 0 radical (unpaired) electrons. The number of hydrogen-bond acceptors (Lipinski definition) is 5. The van der Waals surface area contributed by atoms with E-state index in [1.165, 1.54) is 6.33 Å². The van der Waals surface area contributed by atoms with Crippen LogP contribution in [-0.4, -0.2) is 21.0 Å². The average Bonchev–Trinajstić information content (AvgIpc) is 2.38. The first-order valence-corrected chi connectivity index (χ1v) is 6.96. The van der Waals surface area contributed by atoms with Gasteiger partial charge in [0.25, 0.3) is 0 Å². The second-order valence-electron chi connectivity index (χ2n) is 4.45. The van der Waals surface area contributed by atoms with Gasteiger partial charge in [-0.3, -0.25) is 0 Å². The number of halogens is 2. The lowest BCUT2D eigenvalue weighted by Gasteiger charge is -2.14. The zero-order chi connectivity index (χ0) is 14.5. The Hall–Kier alpha value is -1.59. The van der Waals surface area contributed by atoms with Crippen LogP contribution >= 0.6 is 23.2 Å². The summed E-state index contributed by atoms with van der Waals surface area (Å²) in [5.41, 5.74) is 6.46. The molecule has 3 N–H and O–H groups in total. The summed E-state index contributed by atoms with van der Waals surface area (Å²) in [6.45, 7) is 2.03. The smallest absolute Gasteiger partial charge is 0.227 e. The van der Waals surface area contributed by atoms with Crippen molar-refractivity contribution in [1.82, 2.24) is 15.0 Å². The molecule has 1 aromatic carbocycles. The zero-order valence-electron chi connectivity index (χ0n) is 11.0. The Morgan fingerprint density at radius 2 is 1.95 bits per heavy atom. The van der Waals surface area contributed by atoms with Crippen LogP contribution in [0.5, 0.6) is 0 Å². The van der Waals surface area contributed by atoms with Gasteiger partial charge >= 0.3 is 0 Å². The van der Waals surface area contributed by atoms with Gasteiger partial charge in [-0.25, -0.2) is 9.97 Å². The van der Waals surface area contributed by atoms with E-state index in [2.05, 4.69) is 20.3 Å². The lowest BCUT2D eigenvalue weighted by atomic mass is 10.1. The van der Waals surface area contributed by atoms with Gasteiger partial charge in [-0.2, -0.15) is 4.98 Å². The molecule has 0 amide bonds. The summed E-state index contributed by atoms with van der Waals surface area (Å²) in [6, 6.07) is 5.67. The Morgan fingerprint density at radius 3 is 2.60 bits per heavy atom. The maximum Gasteiger partial charge on any atom is 0.227 e. The van der Waals surface area contributed by atoms with Gasteiger partial charge in [0.05, 0.1) is 0 Å². The van der Waals surface area contributed by atoms with Crippen LogP contribution in [0.3, 0.4) is 0 Å². The van der Waals surface area contributed by atoms with Gasteiger partial charge in [0.2, 0.25) is 11.9 Å². The number of anilines is 2. The molecule has 1 atom stereocenters. The second kappa shape index (κ2) is 6.72. The first-order valence-electron chi connectivity index (χ1n) is 6.20. The van der Waals surface area contributed by atoms with Crippen molar-refractivity contribution in [3.63, 3.8) is 0 Å². The van der Waals surface area contributed by atoms with Crippen LogP contribution in [0.2, 0.25) is 10.0 Å². The number of benzene rings is 1. The summed E-state index contributed by atoms with van der Waals surface area (Å²) in [7, 11) is 0. The number of nitrogens with one attached hydrogen (secondary N) is 1. The van der Waals surface area contributed by atoms with Crippen LogP contribution in [0.25, 0.3) is 0 Å². The number of nitrogens with two attached hydrogens (primary N) is 1. The molecule has 0 saturated heterocycles. The van der Waals surface area contributed by atoms with Gasteiger partial charge in [0, 0.05) is 16.1 Å². The Balaban J connectivity index is 1.94. The van der Waals surface area contributed by atoms with Gasteiger partial charge in [-0.15, -0.1) is 0 Å². The molecule has 0 bridgehead atoms. The van der Waals surface area contributed by atoms with E-state index in [1.807, 2.05) is 25.1 Å². The van der Waals surface area contributed by atoms with Gasteiger partial charge in [0.1, 0.15) is 6.33 Å². The van der Waals surface area contributed by atoms with E-state index >= 15 is 0 Å². The molecule has 0 aliphatic carbocycles. The molecule has 2 aromatic rings. The standard InChI is InChI=1S/C13H15Cl2N5/c1-8(19-13-18-7-17-12(16)20-13)5-6-9-10(14)3-2-4-11(9)15/h2-4,7-8H,5-6H2,1H3,(H3,16,17,18,19,20). The number of rotatable bonds is 5. The van der Waals surface area contributed by atoms with Gasteiger partial charge in [-0.1, -0.05) is 29.3 Å². The Labute approximate surface area is 127 Å². The monoisotopic (exact) mass is 311 g/mol. The summed E-state index contributed by atoms with van der Waals surface area (Å²) in [5.74, 6) is 0.666. The van der Waals surface area contributed by atoms with E-state index in [0.29, 0.717) is 16.0 Å². The topological polar surface area (TPSA) is 76.7 Å². The first-order chi connectivity index (χ1) is 9.56. The molecule has 0 aliphatic heterocycles. The van der Waals surface area contributed by atoms with Crippen molar-refractivity contribution in [2.75, 3.05) is 11.1 Å². The minimum Gasteiger partial charge on any atom is -0.368 e. The maximum absolute atomic E-state index is 6.14. The lowest BCUT2D eigenvalue weighted by Crippen LogP contribution is -2.18. The molecule has 1 heterocycles. The van der Waals surface area contributed by atoms with Crippen molar-refractivity contribution in [3.8, 4) is 0 Å². The SMILES string of the molecule is CC(CCc1c(Cl)cccc1Cl)Nc1ncnc(N)n1. The fraction of sp³-hybridized carbons (Fsp3) is 0.308. The highest BCUT2D eigenvalue weighted by Gasteiger charge is 2.09. The average molecular weight is 312 g/mol. The highest BCUT2D eigenvalue weighted by atomic mass is 35.5. The minimum absolute atomic E-state index is 0.157. The molecule has 0 saturated carbocycles.